The molecule has 0 atom stereocenters. The second-order valence-corrected chi connectivity index (χ2v) is 4.15. The minimum Gasteiger partial charge on any atom is -0.494 e. The molecule has 1 rings (SSSR count). The van der Waals surface area contributed by atoms with Crippen LogP contribution in [-0.4, -0.2) is 38.4 Å². The van der Waals surface area contributed by atoms with Gasteiger partial charge >= 0.3 is 6.18 Å². The molecule has 0 aliphatic rings. The lowest BCUT2D eigenvalue weighted by molar-refractivity contribution is -0.173. The van der Waals surface area contributed by atoms with E-state index in [1.54, 1.807) is 13.0 Å². The van der Waals surface area contributed by atoms with Gasteiger partial charge in [0.2, 0.25) is 0 Å². The molecule has 0 aliphatic heterocycles. The lowest BCUT2D eigenvalue weighted by Gasteiger charge is -2.10. The number of amides is 1. The van der Waals surface area contributed by atoms with Crippen molar-refractivity contribution in [2.75, 3.05) is 32.1 Å². The monoisotopic (exact) mass is 306 g/mol. The van der Waals surface area contributed by atoms with Crippen molar-refractivity contribution in [1.82, 2.24) is 5.32 Å². The van der Waals surface area contributed by atoms with Gasteiger partial charge in [0.05, 0.1) is 13.2 Å². The molecule has 0 bridgehead atoms. The summed E-state index contributed by atoms with van der Waals surface area (Å²) < 4.78 is 45.1. The van der Waals surface area contributed by atoms with Gasteiger partial charge in [0.15, 0.2) is 0 Å². The highest BCUT2D eigenvalue weighted by Crippen LogP contribution is 2.19. The molecule has 5 nitrogen and oxygen atoms in total. The third kappa shape index (κ3) is 6.84. The van der Waals surface area contributed by atoms with Gasteiger partial charge in [-0.3, -0.25) is 4.79 Å². The highest BCUT2D eigenvalue weighted by molar-refractivity contribution is 5.95. The van der Waals surface area contributed by atoms with E-state index in [2.05, 4.69) is 10.1 Å². The average molecular weight is 306 g/mol. The standard InChI is InChI=1S/C13H17F3N2O3/c1-2-21-11-6-9(5-10(17)7-11)12(19)18-3-4-20-8-13(14,15)16/h5-7H,2-4,8,17H2,1H3,(H,18,19). The van der Waals surface area contributed by atoms with E-state index in [0.29, 0.717) is 18.0 Å². The number of nitrogen functional groups attached to an aromatic ring is 1. The first-order chi connectivity index (χ1) is 9.81. The van der Waals surface area contributed by atoms with Gasteiger partial charge in [0.1, 0.15) is 12.4 Å². The third-order valence-electron chi connectivity index (χ3n) is 2.30. The molecule has 21 heavy (non-hydrogen) atoms. The summed E-state index contributed by atoms with van der Waals surface area (Å²) in [5, 5.41) is 2.44. The Bertz CT molecular complexity index is 478. The Morgan fingerprint density at radius 3 is 2.67 bits per heavy atom. The highest BCUT2D eigenvalue weighted by atomic mass is 19.4. The van der Waals surface area contributed by atoms with Crippen molar-refractivity contribution in [3.63, 3.8) is 0 Å². The van der Waals surface area contributed by atoms with Crippen molar-refractivity contribution < 1.29 is 27.4 Å². The predicted molar refractivity (Wildman–Crippen MR) is 71.2 cm³/mol. The number of hydrogen-bond acceptors (Lipinski definition) is 4. The Balaban J connectivity index is 2.45. The van der Waals surface area contributed by atoms with Crippen molar-refractivity contribution in [2.45, 2.75) is 13.1 Å². The van der Waals surface area contributed by atoms with Crippen molar-refractivity contribution in [1.29, 1.82) is 0 Å². The van der Waals surface area contributed by atoms with Gasteiger partial charge in [-0.1, -0.05) is 0 Å². The minimum absolute atomic E-state index is 0.0340. The van der Waals surface area contributed by atoms with E-state index >= 15 is 0 Å². The fourth-order valence-electron chi connectivity index (χ4n) is 1.53. The zero-order chi connectivity index (χ0) is 15.9. The quantitative estimate of drug-likeness (QED) is 0.597. The molecule has 1 aromatic rings. The molecule has 0 fully saturated rings. The molecule has 0 unspecified atom stereocenters. The number of anilines is 1. The van der Waals surface area contributed by atoms with Crippen LogP contribution in [0.4, 0.5) is 18.9 Å². The number of carbonyl (C=O) groups excluding carboxylic acids is 1. The molecule has 0 radical (unpaired) electrons. The zero-order valence-corrected chi connectivity index (χ0v) is 11.5. The molecule has 0 aliphatic carbocycles. The van der Waals surface area contributed by atoms with Crippen LogP contribution in [0.2, 0.25) is 0 Å². The number of rotatable bonds is 7. The third-order valence-corrected chi connectivity index (χ3v) is 2.30. The molecule has 8 heteroatoms. The number of carbonyl (C=O) groups is 1. The van der Waals surface area contributed by atoms with Crippen LogP contribution in [-0.2, 0) is 4.74 Å². The topological polar surface area (TPSA) is 73.6 Å². The van der Waals surface area contributed by atoms with Crippen LogP contribution in [0.15, 0.2) is 18.2 Å². The lowest BCUT2D eigenvalue weighted by atomic mass is 10.1. The van der Waals surface area contributed by atoms with E-state index in [4.69, 9.17) is 10.5 Å². The summed E-state index contributed by atoms with van der Waals surface area (Å²) in [4.78, 5) is 11.8. The molecule has 118 valence electrons. The number of nitrogens with one attached hydrogen (secondary N) is 1. The molecular weight excluding hydrogens is 289 g/mol. The zero-order valence-electron chi connectivity index (χ0n) is 11.5. The summed E-state index contributed by atoms with van der Waals surface area (Å²) in [5.74, 6) is -0.00478. The number of alkyl halides is 3. The largest absolute Gasteiger partial charge is 0.494 e. The first-order valence-corrected chi connectivity index (χ1v) is 6.28. The average Bonchev–Trinajstić information content (AvgIpc) is 2.36. The molecule has 1 aromatic carbocycles. The van der Waals surface area contributed by atoms with Gasteiger partial charge in [0.25, 0.3) is 5.91 Å². The Morgan fingerprint density at radius 1 is 1.33 bits per heavy atom. The number of ether oxygens (including phenoxy) is 2. The summed E-state index contributed by atoms with van der Waals surface area (Å²) in [5.41, 5.74) is 6.28. The van der Waals surface area contributed by atoms with Gasteiger partial charge in [-0.05, 0) is 19.1 Å². The number of hydrogen-bond donors (Lipinski definition) is 2. The molecule has 0 saturated carbocycles. The first kappa shape index (κ1) is 17.1. The minimum atomic E-state index is -4.37. The van der Waals surface area contributed by atoms with Gasteiger partial charge in [-0.15, -0.1) is 0 Å². The molecular formula is C13H17F3N2O3. The van der Waals surface area contributed by atoms with E-state index < -0.39 is 18.7 Å². The van der Waals surface area contributed by atoms with E-state index in [9.17, 15) is 18.0 Å². The van der Waals surface area contributed by atoms with Gasteiger partial charge in [-0.25, -0.2) is 0 Å². The molecule has 0 saturated heterocycles. The fraction of sp³-hybridized carbons (Fsp3) is 0.462. The summed E-state index contributed by atoms with van der Waals surface area (Å²) >= 11 is 0. The smallest absolute Gasteiger partial charge is 0.411 e. The summed E-state index contributed by atoms with van der Waals surface area (Å²) in [6.07, 6.45) is -4.37. The fourth-order valence-corrected chi connectivity index (χ4v) is 1.53. The van der Waals surface area contributed by atoms with Crippen molar-refractivity contribution in [3.8, 4) is 5.75 Å². The van der Waals surface area contributed by atoms with Crippen molar-refractivity contribution in [3.05, 3.63) is 23.8 Å². The summed E-state index contributed by atoms with van der Waals surface area (Å²) in [6, 6.07) is 4.53. The normalized spacial score (nSPS) is 11.2. The van der Waals surface area contributed by atoms with E-state index in [1.165, 1.54) is 12.1 Å². The predicted octanol–water partition coefficient (Wildman–Crippen LogP) is 1.98. The van der Waals surface area contributed by atoms with Crippen LogP contribution in [0.25, 0.3) is 0 Å². The maximum atomic E-state index is 11.8. The lowest BCUT2D eigenvalue weighted by Crippen LogP contribution is -2.29. The summed E-state index contributed by atoms with van der Waals surface area (Å²) in [7, 11) is 0. The second-order valence-electron chi connectivity index (χ2n) is 4.15. The van der Waals surface area contributed by atoms with Crippen LogP contribution in [0.1, 0.15) is 17.3 Å². The van der Waals surface area contributed by atoms with E-state index in [-0.39, 0.29) is 18.7 Å². The molecule has 3 N–H and O–H groups in total. The van der Waals surface area contributed by atoms with E-state index in [1.807, 2.05) is 0 Å². The number of benzene rings is 1. The van der Waals surface area contributed by atoms with Crippen LogP contribution in [0.5, 0.6) is 5.75 Å². The van der Waals surface area contributed by atoms with Crippen molar-refractivity contribution >= 4 is 11.6 Å². The Hall–Kier alpha value is -1.96. The van der Waals surface area contributed by atoms with Crippen LogP contribution >= 0.6 is 0 Å². The highest BCUT2D eigenvalue weighted by Gasteiger charge is 2.27. The van der Waals surface area contributed by atoms with E-state index in [0.717, 1.165) is 0 Å². The van der Waals surface area contributed by atoms with Crippen LogP contribution in [0.3, 0.4) is 0 Å². The van der Waals surface area contributed by atoms with Crippen LogP contribution < -0.4 is 15.8 Å². The second kappa shape index (κ2) is 7.72. The first-order valence-electron chi connectivity index (χ1n) is 6.28. The number of halogens is 3. The Labute approximate surface area is 120 Å². The summed E-state index contributed by atoms with van der Waals surface area (Å²) in [6.45, 7) is 0.617. The maximum absolute atomic E-state index is 11.8. The number of nitrogens with two attached hydrogens (primary N) is 1. The van der Waals surface area contributed by atoms with Crippen molar-refractivity contribution in [2.24, 2.45) is 0 Å². The molecule has 0 aromatic heterocycles. The van der Waals surface area contributed by atoms with Crippen LogP contribution in [0, 0.1) is 0 Å². The molecule has 1 amide bonds. The van der Waals surface area contributed by atoms with Gasteiger partial charge in [-0.2, -0.15) is 13.2 Å². The van der Waals surface area contributed by atoms with Gasteiger partial charge < -0.3 is 20.5 Å². The molecule has 0 heterocycles. The molecule has 0 spiro atoms. The van der Waals surface area contributed by atoms with Gasteiger partial charge in [0, 0.05) is 23.9 Å². The Kier molecular flexibility index (Phi) is 6.29. The SMILES string of the molecule is CCOc1cc(N)cc(C(=O)NCCOCC(F)(F)F)c1. The Morgan fingerprint density at radius 2 is 2.05 bits per heavy atom. The maximum Gasteiger partial charge on any atom is 0.411 e.